The number of aryl methyl sites for hydroxylation is 1. The summed E-state index contributed by atoms with van der Waals surface area (Å²) in [6.07, 6.45) is 2.12. The van der Waals surface area contributed by atoms with Gasteiger partial charge >= 0.3 is 0 Å². The van der Waals surface area contributed by atoms with Gasteiger partial charge in [-0.05, 0) is 36.8 Å². The molecule has 0 atom stereocenters. The number of benzene rings is 2. The van der Waals surface area contributed by atoms with Crippen LogP contribution in [0.2, 0.25) is 0 Å². The van der Waals surface area contributed by atoms with Gasteiger partial charge in [0.2, 0.25) is 5.95 Å². The van der Waals surface area contributed by atoms with E-state index in [1.54, 1.807) is 6.20 Å². The Hall–Kier alpha value is -3.92. The summed E-state index contributed by atoms with van der Waals surface area (Å²) in [7, 11) is 0. The Morgan fingerprint density at radius 3 is 2.59 bits per heavy atom. The van der Waals surface area contributed by atoms with Crippen molar-refractivity contribution in [2.75, 3.05) is 10.6 Å². The number of hydrogen-bond donors (Lipinski definition) is 3. The van der Waals surface area contributed by atoms with Crippen molar-refractivity contribution >= 4 is 34.0 Å². The van der Waals surface area contributed by atoms with Crippen molar-refractivity contribution in [2.45, 2.75) is 13.3 Å². The van der Waals surface area contributed by atoms with Crippen molar-refractivity contribution in [3.8, 4) is 6.07 Å². The van der Waals surface area contributed by atoms with Gasteiger partial charge < -0.3 is 10.6 Å². The SMILES string of the molecule is Cc1[nH]ncc1Nc1nc(Nc2ccc(CC#N)cc2)nc2ccccc12. The fourth-order valence-electron chi connectivity index (χ4n) is 2.76. The summed E-state index contributed by atoms with van der Waals surface area (Å²) in [6.45, 7) is 1.95. The molecule has 7 heteroatoms. The van der Waals surface area contributed by atoms with Crippen molar-refractivity contribution in [3.05, 3.63) is 66.0 Å². The molecular weight excluding hydrogens is 338 g/mol. The highest BCUT2D eigenvalue weighted by Gasteiger charge is 2.10. The second-order valence-electron chi connectivity index (χ2n) is 6.10. The summed E-state index contributed by atoms with van der Waals surface area (Å²) in [6, 6.07) is 17.6. The lowest BCUT2D eigenvalue weighted by molar-refractivity contribution is 1.05. The normalized spacial score (nSPS) is 10.5. The predicted molar refractivity (Wildman–Crippen MR) is 105 cm³/mol. The second-order valence-corrected chi connectivity index (χ2v) is 6.10. The van der Waals surface area contributed by atoms with Gasteiger partial charge in [-0.1, -0.05) is 24.3 Å². The molecule has 2 aromatic carbocycles. The molecule has 0 bridgehead atoms. The minimum atomic E-state index is 0.394. The standard InChI is InChI=1S/C20H17N7/c1-13-18(12-22-27-13)24-19-16-4-2-3-5-17(16)25-20(26-19)23-15-8-6-14(7-9-15)10-11-21/h2-9,12H,10H2,1H3,(H,22,27)(H2,23,24,25,26). The van der Waals surface area contributed by atoms with Crippen LogP contribution in [0, 0.1) is 18.3 Å². The van der Waals surface area contributed by atoms with Crippen LogP contribution in [0.15, 0.2) is 54.7 Å². The fourth-order valence-corrected chi connectivity index (χ4v) is 2.76. The molecule has 0 saturated heterocycles. The van der Waals surface area contributed by atoms with Crippen LogP contribution in [-0.2, 0) is 6.42 Å². The number of aromatic nitrogens is 4. The smallest absolute Gasteiger partial charge is 0.229 e. The van der Waals surface area contributed by atoms with Crippen LogP contribution in [0.4, 0.5) is 23.1 Å². The molecule has 3 N–H and O–H groups in total. The number of fused-ring (bicyclic) bond motifs is 1. The van der Waals surface area contributed by atoms with Crippen LogP contribution in [-0.4, -0.2) is 20.2 Å². The van der Waals surface area contributed by atoms with Gasteiger partial charge in [0.25, 0.3) is 0 Å². The van der Waals surface area contributed by atoms with Crippen molar-refractivity contribution in [1.82, 2.24) is 20.2 Å². The highest BCUT2D eigenvalue weighted by Crippen LogP contribution is 2.27. The summed E-state index contributed by atoms with van der Waals surface area (Å²) in [4.78, 5) is 9.25. The molecule has 4 rings (SSSR count). The van der Waals surface area contributed by atoms with E-state index in [1.807, 2.05) is 55.5 Å². The molecule has 0 aliphatic heterocycles. The molecule has 7 nitrogen and oxygen atoms in total. The van der Waals surface area contributed by atoms with Gasteiger partial charge in [0.15, 0.2) is 0 Å². The van der Waals surface area contributed by atoms with E-state index in [-0.39, 0.29) is 0 Å². The summed E-state index contributed by atoms with van der Waals surface area (Å²) < 4.78 is 0. The third-order valence-corrected chi connectivity index (χ3v) is 4.18. The molecule has 27 heavy (non-hydrogen) atoms. The first kappa shape index (κ1) is 16.5. The zero-order valence-electron chi connectivity index (χ0n) is 14.7. The van der Waals surface area contributed by atoms with Gasteiger partial charge in [-0.2, -0.15) is 15.3 Å². The lowest BCUT2D eigenvalue weighted by Crippen LogP contribution is -2.02. The number of anilines is 4. The number of nitrogens with zero attached hydrogens (tertiary/aromatic N) is 4. The maximum atomic E-state index is 8.78. The van der Waals surface area contributed by atoms with E-state index >= 15 is 0 Å². The molecule has 0 saturated carbocycles. The quantitative estimate of drug-likeness (QED) is 0.495. The number of nitriles is 1. The highest BCUT2D eigenvalue weighted by atomic mass is 15.2. The molecule has 0 amide bonds. The zero-order valence-corrected chi connectivity index (χ0v) is 14.7. The fraction of sp³-hybridized carbons (Fsp3) is 0.100. The minimum Gasteiger partial charge on any atom is -0.337 e. The number of hydrogen-bond acceptors (Lipinski definition) is 6. The maximum absolute atomic E-state index is 8.78. The van der Waals surface area contributed by atoms with Gasteiger partial charge in [-0.15, -0.1) is 0 Å². The van der Waals surface area contributed by atoms with E-state index < -0.39 is 0 Å². The topological polar surface area (TPSA) is 102 Å². The monoisotopic (exact) mass is 355 g/mol. The number of nitrogens with one attached hydrogen (secondary N) is 3. The average Bonchev–Trinajstić information content (AvgIpc) is 3.08. The van der Waals surface area contributed by atoms with Crippen LogP contribution in [0.25, 0.3) is 10.9 Å². The first-order chi connectivity index (χ1) is 13.2. The summed E-state index contributed by atoms with van der Waals surface area (Å²) in [5.74, 6) is 1.19. The number of H-pyrrole nitrogens is 1. The van der Waals surface area contributed by atoms with E-state index in [0.717, 1.165) is 33.5 Å². The molecule has 0 fully saturated rings. The maximum Gasteiger partial charge on any atom is 0.229 e. The molecule has 0 aliphatic rings. The molecule has 0 unspecified atom stereocenters. The predicted octanol–water partition coefficient (Wildman–Crippen LogP) is 4.21. The lowest BCUT2D eigenvalue weighted by Gasteiger charge is -2.11. The molecular formula is C20H17N7. The van der Waals surface area contributed by atoms with Crippen molar-refractivity contribution in [2.24, 2.45) is 0 Å². The van der Waals surface area contributed by atoms with Crippen LogP contribution in [0.1, 0.15) is 11.3 Å². The first-order valence-corrected chi connectivity index (χ1v) is 8.49. The number of rotatable bonds is 5. The summed E-state index contributed by atoms with van der Waals surface area (Å²) in [5.41, 5.74) is 4.46. The van der Waals surface area contributed by atoms with Crippen molar-refractivity contribution in [3.63, 3.8) is 0 Å². The van der Waals surface area contributed by atoms with E-state index in [9.17, 15) is 0 Å². The van der Waals surface area contributed by atoms with E-state index in [4.69, 9.17) is 5.26 Å². The Kier molecular flexibility index (Phi) is 4.37. The Bertz CT molecular complexity index is 1120. The molecule has 0 radical (unpaired) electrons. The molecule has 2 heterocycles. The summed E-state index contributed by atoms with van der Waals surface area (Å²) in [5, 5.41) is 23.2. The van der Waals surface area contributed by atoms with Crippen molar-refractivity contribution in [1.29, 1.82) is 5.26 Å². The molecule has 2 aromatic heterocycles. The Morgan fingerprint density at radius 2 is 1.85 bits per heavy atom. The van der Waals surface area contributed by atoms with E-state index in [1.165, 1.54) is 0 Å². The number of aromatic amines is 1. The van der Waals surface area contributed by atoms with E-state index in [2.05, 4.69) is 36.9 Å². The first-order valence-electron chi connectivity index (χ1n) is 8.49. The van der Waals surface area contributed by atoms with Crippen LogP contribution in [0.5, 0.6) is 0 Å². The van der Waals surface area contributed by atoms with Gasteiger partial charge in [0, 0.05) is 11.1 Å². The van der Waals surface area contributed by atoms with Crippen molar-refractivity contribution < 1.29 is 0 Å². The Morgan fingerprint density at radius 1 is 1.04 bits per heavy atom. The molecule has 0 spiro atoms. The molecule has 0 aliphatic carbocycles. The van der Waals surface area contributed by atoms with Gasteiger partial charge in [-0.25, -0.2) is 4.98 Å². The minimum absolute atomic E-state index is 0.394. The second kappa shape index (κ2) is 7.14. The van der Waals surface area contributed by atoms with Crippen LogP contribution >= 0.6 is 0 Å². The van der Waals surface area contributed by atoms with E-state index in [0.29, 0.717) is 18.2 Å². The number of para-hydroxylation sites is 1. The average molecular weight is 355 g/mol. The molecule has 132 valence electrons. The van der Waals surface area contributed by atoms with Crippen LogP contribution < -0.4 is 10.6 Å². The highest BCUT2D eigenvalue weighted by molar-refractivity contribution is 5.92. The van der Waals surface area contributed by atoms with Crippen LogP contribution in [0.3, 0.4) is 0 Å². The summed E-state index contributed by atoms with van der Waals surface area (Å²) >= 11 is 0. The van der Waals surface area contributed by atoms with Gasteiger partial charge in [-0.3, -0.25) is 5.10 Å². The van der Waals surface area contributed by atoms with Gasteiger partial charge in [0.05, 0.1) is 35.6 Å². The Balaban J connectivity index is 1.69. The third kappa shape index (κ3) is 3.55. The Labute approximate surface area is 156 Å². The van der Waals surface area contributed by atoms with Gasteiger partial charge in [0.1, 0.15) is 5.82 Å². The lowest BCUT2D eigenvalue weighted by atomic mass is 10.1. The molecule has 4 aromatic rings. The zero-order chi connectivity index (χ0) is 18.6. The largest absolute Gasteiger partial charge is 0.337 e. The third-order valence-electron chi connectivity index (χ3n) is 4.18.